The topological polar surface area (TPSA) is 73.3 Å². The number of hydrogen-bond donors (Lipinski definition) is 1. The molecular formula is C26H35N3O4. The first-order chi connectivity index (χ1) is 16.0. The van der Waals surface area contributed by atoms with Gasteiger partial charge >= 0.3 is 0 Å². The molecule has 0 aliphatic carbocycles. The molecule has 1 unspecified atom stereocenters. The van der Waals surface area contributed by atoms with E-state index >= 15 is 0 Å². The molecule has 1 fully saturated rings. The number of carbonyl (C=O) groups is 2. The molecule has 0 aromatic heterocycles. The second-order valence-electron chi connectivity index (χ2n) is 8.41. The maximum Gasteiger partial charge on any atom is 0.248 e. The molecule has 2 aromatic carbocycles. The van der Waals surface area contributed by atoms with Crippen LogP contribution >= 0.6 is 0 Å². The molecule has 2 amide bonds. The van der Waals surface area contributed by atoms with Crippen molar-refractivity contribution in [2.45, 2.75) is 32.9 Å². The lowest BCUT2D eigenvalue weighted by Gasteiger charge is -2.26. The van der Waals surface area contributed by atoms with Crippen LogP contribution in [0.3, 0.4) is 0 Å². The van der Waals surface area contributed by atoms with Crippen molar-refractivity contribution in [2.75, 3.05) is 45.9 Å². The quantitative estimate of drug-likeness (QED) is 0.599. The van der Waals surface area contributed by atoms with E-state index in [1.165, 1.54) is 5.56 Å². The highest BCUT2D eigenvalue weighted by Gasteiger charge is 2.29. The van der Waals surface area contributed by atoms with E-state index in [9.17, 15) is 14.7 Å². The number of benzene rings is 2. The number of nitrogens with zero attached hydrogens (tertiary/aromatic N) is 3. The van der Waals surface area contributed by atoms with E-state index in [1.54, 1.807) is 23.1 Å². The number of carbonyl (C=O) groups excluding carboxylic acids is 2. The van der Waals surface area contributed by atoms with Crippen LogP contribution in [0.4, 0.5) is 0 Å². The van der Waals surface area contributed by atoms with Crippen LogP contribution < -0.4 is 0 Å². The predicted molar refractivity (Wildman–Crippen MR) is 128 cm³/mol. The summed E-state index contributed by atoms with van der Waals surface area (Å²) in [4.78, 5) is 31.2. The lowest BCUT2D eigenvalue weighted by molar-refractivity contribution is -0.138. The Morgan fingerprint density at radius 3 is 2.48 bits per heavy atom. The summed E-state index contributed by atoms with van der Waals surface area (Å²) in [7, 11) is 0. The van der Waals surface area contributed by atoms with Crippen molar-refractivity contribution in [3.8, 4) is 5.75 Å². The summed E-state index contributed by atoms with van der Waals surface area (Å²) in [5.74, 6) is 0.217. The summed E-state index contributed by atoms with van der Waals surface area (Å²) < 4.78 is 6.06. The Morgan fingerprint density at radius 1 is 1.06 bits per heavy atom. The average molecular weight is 454 g/mol. The van der Waals surface area contributed by atoms with Crippen molar-refractivity contribution >= 4 is 11.8 Å². The first-order valence-corrected chi connectivity index (χ1v) is 11.7. The number of aromatic hydroxyl groups is 1. The van der Waals surface area contributed by atoms with Gasteiger partial charge in [0.25, 0.3) is 0 Å². The second-order valence-corrected chi connectivity index (χ2v) is 8.41. The normalized spacial score (nSPS) is 17.1. The summed E-state index contributed by atoms with van der Waals surface area (Å²) in [6, 6.07) is 17.2. The summed E-state index contributed by atoms with van der Waals surface area (Å²) in [5.41, 5.74) is 2.11. The highest BCUT2D eigenvalue weighted by atomic mass is 16.5. The van der Waals surface area contributed by atoms with Crippen molar-refractivity contribution in [3.05, 3.63) is 65.7 Å². The third kappa shape index (κ3) is 7.58. The number of phenols is 1. The molecule has 0 spiro atoms. The molecule has 3 rings (SSSR count). The number of amides is 2. The number of ether oxygens (including phenoxy) is 1. The van der Waals surface area contributed by atoms with Crippen molar-refractivity contribution < 1.29 is 19.4 Å². The van der Waals surface area contributed by atoms with Gasteiger partial charge in [-0.2, -0.15) is 0 Å². The molecule has 1 N–H and O–H groups in total. The Balaban J connectivity index is 1.69. The Hall–Kier alpha value is -2.90. The van der Waals surface area contributed by atoms with Crippen molar-refractivity contribution in [3.63, 3.8) is 0 Å². The lowest BCUT2D eigenvalue weighted by atomic mass is 10.1. The highest BCUT2D eigenvalue weighted by molar-refractivity contribution is 5.79. The van der Waals surface area contributed by atoms with Crippen LogP contribution in [0, 0.1) is 0 Å². The van der Waals surface area contributed by atoms with E-state index in [-0.39, 0.29) is 36.8 Å². The monoisotopic (exact) mass is 453 g/mol. The van der Waals surface area contributed by atoms with Gasteiger partial charge in [0.05, 0.1) is 12.6 Å². The van der Waals surface area contributed by atoms with Gasteiger partial charge in [-0.05, 0) is 43.5 Å². The fraction of sp³-hybridized carbons (Fsp3) is 0.462. The van der Waals surface area contributed by atoms with Crippen LogP contribution in [0.15, 0.2) is 54.6 Å². The minimum Gasteiger partial charge on any atom is -0.508 e. The minimum atomic E-state index is -0.274. The summed E-state index contributed by atoms with van der Waals surface area (Å²) in [6.45, 7) is 7.60. The first-order valence-electron chi connectivity index (χ1n) is 11.7. The molecular weight excluding hydrogens is 418 g/mol. The van der Waals surface area contributed by atoms with Crippen LogP contribution in [0.25, 0.3) is 0 Å². The van der Waals surface area contributed by atoms with Crippen LogP contribution in [0.1, 0.15) is 25.0 Å². The molecule has 1 aliphatic heterocycles. The molecule has 1 saturated heterocycles. The molecule has 178 valence electrons. The van der Waals surface area contributed by atoms with Crippen LogP contribution in [0.2, 0.25) is 0 Å². The third-order valence-electron chi connectivity index (χ3n) is 5.99. The summed E-state index contributed by atoms with van der Waals surface area (Å²) in [5, 5.41) is 9.81. The fourth-order valence-electron chi connectivity index (χ4n) is 4.17. The predicted octanol–water partition coefficient (Wildman–Crippen LogP) is 2.53. The SMILES string of the molecule is CCN(CC)C(=O)COC1CN(Cc2cccc(O)c2)CC(=O)N(CCc2ccccc2)C1. The van der Waals surface area contributed by atoms with Gasteiger partial charge in [0.15, 0.2) is 0 Å². The van der Waals surface area contributed by atoms with Gasteiger partial charge in [-0.15, -0.1) is 0 Å². The molecule has 7 nitrogen and oxygen atoms in total. The van der Waals surface area contributed by atoms with E-state index in [4.69, 9.17) is 4.74 Å². The zero-order valence-corrected chi connectivity index (χ0v) is 19.7. The number of hydrogen-bond acceptors (Lipinski definition) is 5. The summed E-state index contributed by atoms with van der Waals surface area (Å²) >= 11 is 0. The van der Waals surface area contributed by atoms with E-state index in [1.807, 2.05) is 47.9 Å². The fourth-order valence-corrected chi connectivity index (χ4v) is 4.17. The van der Waals surface area contributed by atoms with Crippen LogP contribution in [-0.4, -0.2) is 83.6 Å². The maximum absolute atomic E-state index is 13.1. The second kappa shape index (κ2) is 12.4. The number of rotatable bonds is 10. The molecule has 0 saturated carbocycles. The molecule has 1 atom stereocenters. The molecule has 7 heteroatoms. The molecule has 0 radical (unpaired) electrons. The van der Waals surface area contributed by atoms with E-state index in [0.717, 1.165) is 12.0 Å². The third-order valence-corrected chi connectivity index (χ3v) is 5.99. The molecule has 1 aliphatic rings. The number of likely N-dealkylation sites (N-methyl/N-ethyl adjacent to an activating group) is 1. The zero-order chi connectivity index (χ0) is 23.6. The van der Waals surface area contributed by atoms with Gasteiger partial charge in [0.1, 0.15) is 12.4 Å². The smallest absolute Gasteiger partial charge is 0.248 e. The van der Waals surface area contributed by atoms with Gasteiger partial charge in [0, 0.05) is 39.3 Å². The average Bonchev–Trinajstić information content (AvgIpc) is 2.95. The van der Waals surface area contributed by atoms with Crippen molar-refractivity contribution in [2.24, 2.45) is 0 Å². The van der Waals surface area contributed by atoms with E-state index < -0.39 is 0 Å². The first kappa shape index (κ1) is 24.7. The van der Waals surface area contributed by atoms with Gasteiger partial charge < -0.3 is 19.6 Å². The minimum absolute atomic E-state index is 0.00697. The zero-order valence-electron chi connectivity index (χ0n) is 19.7. The molecule has 0 bridgehead atoms. The van der Waals surface area contributed by atoms with Crippen LogP contribution in [0.5, 0.6) is 5.75 Å². The maximum atomic E-state index is 13.1. The largest absolute Gasteiger partial charge is 0.508 e. The van der Waals surface area contributed by atoms with E-state index in [0.29, 0.717) is 39.3 Å². The highest BCUT2D eigenvalue weighted by Crippen LogP contribution is 2.16. The van der Waals surface area contributed by atoms with Crippen molar-refractivity contribution in [1.82, 2.24) is 14.7 Å². The summed E-state index contributed by atoms with van der Waals surface area (Å²) in [6.07, 6.45) is 0.494. The molecule has 1 heterocycles. The van der Waals surface area contributed by atoms with Gasteiger partial charge in [-0.1, -0.05) is 42.5 Å². The van der Waals surface area contributed by atoms with Gasteiger partial charge in [-0.3, -0.25) is 14.5 Å². The Morgan fingerprint density at radius 2 is 1.79 bits per heavy atom. The van der Waals surface area contributed by atoms with E-state index in [2.05, 4.69) is 12.1 Å². The van der Waals surface area contributed by atoms with Gasteiger partial charge in [-0.25, -0.2) is 0 Å². The lowest BCUT2D eigenvalue weighted by Crippen LogP contribution is -2.41. The van der Waals surface area contributed by atoms with Crippen molar-refractivity contribution in [1.29, 1.82) is 0 Å². The van der Waals surface area contributed by atoms with Crippen LogP contribution in [-0.2, 0) is 27.3 Å². The Kier molecular flexibility index (Phi) is 9.27. The standard InChI is InChI=1S/C26H35N3O4/c1-3-28(4-2)26(32)20-33-24-17-27(16-22-11-8-12-23(30)15-22)19-25(31)29(18-24)14-13-21-9-6-5-7-10-21/h5-12,15,24,30H,3-4,13-14,16-20H2,1-2H3. The molecule has 2 aromatic rings. The van der Waals surface area contributed by atoms with Gasteiger partial charge in [0.2, 0.25) is 11.8 Å². The number of phenolic OH excluding ortho intramolecular Hbond substituents is 1. The Labute approximate surface area is 196 Å². The molecule has 33 heavy (non-hydrogen) atoms. The Bertz CT molecular complexity index is 901.